The SMILES string of the molecule is Cc1cccc(-c2c(C#N)c(N)nc3c2CCCCCC3)c1. The predicted octanol–water partition coefficient (Wildman–Crippen LogP) is 4.17. The number of anilines is 1. The Hall–Kier alpha value is -2.34. The van der Waals surface area contributed by atoms with E-state index in [4.69, 9.17) is 5.73 Å². The van der Waals surface area contributed by atoms with Crippen LogP contribution in [0.3, 0.4) is 0 Å². The van der Waals surface area contributed by atoms with Gasteiger partial charge in [0.05, 0.1) is 0 Å². The molecule has 0 saturated heterocycles. The van der Waals surface area contributed by atoms with Gasteiger partial charge in [-0.05, 0) is 43.7 Å². The molecule has 2 aromatic rings. The Morgan fingerprint density at radius 1 is 1.14 bits per heavy atom. The van der Waals surface area contributed by atoms with Gasteiger partial charge in [0.15, 0.2) is 0 Å². The normalized spacial score (nSPS) is 14.5. The largest absolute Gasteiger partial charge is 0.383 e. The minimum atomic E-state index is 0.373. The first-order valence-electron chi connectivity index (χ1n) is 7.99. The van der Waals surface area contributed by atoms with E-state index >= 15 is 0 Å². The van der Waals surface area contributed by atoms with E-state index < -0.39 is 0 Å². The molecule has 1 aliphatic rings. The summed E-state index contributed by atoms with van der Waals surface area (Å²) in [6.07, 6.45) is 6.76. The number of rotatable bonds is 1. The number of nitrogen functional groups attached to an aromatic ring is 1. The number of pyridine rings is 1. The summed E-state index contributed by atoms with van der Waals surface area (Å²) in [7, 11) is 0. The lowest BCUT2D eigenvalue weighted by Crippen LogP contribution is -2.10. The molecule has 3 nitrogen and oxygen atoms in total. The fourth-order valence-corrected chi connectivity index (χ4v) is 3.35. The van der Waals surface area contributed by atoms with Crippen molar-refractivity contribution in [1.29, 1.82) is 5.26 Å². The highest BCUT2D eigenvalue weighted by atomic mass is 14.9. The molecule has 0 saturated carbocycles. The van der Waals surface area contributed by atoms with Crippen LogP contribution in [-0.2, 0) is 12.8 Å². The van der Waals surface area contributed by atoms with Crippen LogP contribution >= 0.6 is 0 Å². The van der Waals surface area contributed by atoms with Crippen molar-refractivity contribution >= 4 is 5.82 Å². The van der Waals surface area contributed by atoms with Crippen molar-refractivity contribution in [1.82, 2.24) is 4.98 Å². The van der Waals surface area contributed by atoms with Crippen LogP contribution in [0.1, 0.15) is 48.1 Å². The molecule has 0 radical (unpaired) electrons. The van der Waals surface area contributed by atoms with Crippen molar-refractivity contribution in [3.63, 3.8) is 0 Å². The second-order valence-electron chi connectivity index (χ2n) is 6.07. The van der Waals surface area contributed by atoms with Crippen LogP contribution in [0.5, 0.6) is 0 Å². The molecule has 22 heavy (non-hydrogen) atoms. The maximum Gasteiger partial charge on any atom is 0.142 e. The monoisotopic (exact) mass is 291 g/mol. The molecule has 0 fully saturated rings. The lowest BCUT2D eigenvalue weighted by Gasteiger charge is -2.19. The van der Waals surface area contributed by atoms with Crippen LogP contribution in [0.15, 0.2) is 24.3 Å². The zero-order chi connectivity index (χ0) is 15.5. The number of hydrogen-bond acceptors (Lipinski definition) is 3. The van der Waals surface area contributed by atoms with Gasteiger partial charge in [-0.25, -0.2) is 4.98 Å². The Labute approximate surface area is 131 Å². The quantitative estimate of drug-likeness (QED) is 0.857. The van der Waals surface area contributed by atoms with Crippen LogP contribution in [0.2, 0.25) is 0 Å². The third-order valence-electron chi connectivity index (χ3n) is 4.42. The topological polar surface area (TPSA) is 62.7 Å². The molecule has 0 spiro atoms. The van der Waals surface area contributed by atoms with Gasteiger partial charge in [0, 0.05) is 11.3 Å². The van der Waals surface area contributed by atoms with Crippen LogP contribution in [0.4, 0.5) is 5.82 Å². The van der Waals surface area contributed by atoms with Crippen molar-refractivity contribution in [2.75, 3.05) is 5.73 Å². The molecule has 1 aromatic heterocycles. The highest BCUT2D eigenvalue weighted by Crippen LogP contribution is 2.35. The van der Waals surface area contributed by atoms with E-state index in [0.717, 1.165) is 42.5 Å². The van der Waals surface area contributed by atoms with E-state index in [1.54, 1.807) is 0 Å². The summed E-state index contributed by atoms with van der Waals surface area (Å²) < 4.78 is 0. The number of nitrogens with zero attached hydrogens (tertiary/aromatic N) is 2. The molecule has 0 amide bonds. The molecule has 1 aliphatic carbocycles. The van der Waals surface area contributed by atoms with E-state index in [2.05, 4.69) is 36.2 Å². The van der Waals surface area contributed by atoms with E-state index in [0.29, 0.717) is 11.4 Å². The van der Waals surface area contributed by atoms with Crippen molar-refractivity contribution in [2.45, 2.75) is 45.4 Å². The summed E-state index contributed by atoms with van der Waals surface area (Å²) in [5.41, 5.74) is 12.2. The molecule has 2 N–H and O–H groups in total. The predicted molar refractivity (Wildman–Crippen MR) is 89.4 cm³/mol. The first-order chi connectivity index (χ1) is 10.7. The maximum atomic E-state index is 9.59. The highest BCUT2D eigenvalue weighted by Gasteiger charge is 2.20. The van der Waals surface area contributed by atoms with Gasteiger partial charge in [0.1, 0.15) is 17.5 Å². The van der Waals surface area contributed by atoms with E-state index in [1.807, 2.05) is 6.07 Å². The van der Waals surface area contributed by atoms with Crippen LogP contribution < -0.4 is 5.73 Å². The van der Waals surface area contributed by atoms with E-state index in [1.165, 1.54) is 24.0 Å². The van der Waals surface area contributed by atoms with Gasteiger partial charge >= 0.3 is 0 Å². The van der Waals surface area contributed by atoms with Crippen molar-refractivity contribution < 1.29 is 0 Å². The Morgan fingerprint density at radius 3 is 2.64 bits per heavy atom. The molecule has 1 aromatic carbocycles. The summed E-state index contributed by atoms with van der Waals surface area (Å²) in [6, 6.07) is 10.6. The number of benzene rings is 1. The first-order valence-corrected chi connectivity index (χ1v) is 7.99. The molecule has 1 heterocycles. The smallest absolute Gasteiger partial charge is 0.142 e. The third-order valence-corrected chi connectivity index (χ3v) is 4.42. The van der Waals surface area contributed by atoms with E-state index in [9.17, 15) is 5.26 Å². The number of nitriles is 1. The lowest BCUT2D eigenvalue weighted by molar-refractivity contribution is 0.610. The molecule has 0 unspecified atom stereocenters. The summed E-state index contributed by atoms with van der Waals surface area (Å²) in [4.78, 5) is 4.55. The summed E-state index contributed by atoms with van der Waals surface area (Å²) in [5, 5.41) is 9.59. The Kier molecular flexibility index (Phi) is 4.11. The molecule has 0 bridgehead atoms. The van der Waals surface area contributed by atoms with E-state index in [-0.39, 0.29) is 0 Å². The molecular weight excluding hydrogens is 270 g/mol. The van der Waals surface area contributed by atoms with Gasteiger partial charge in [0.2, 0.25) is 0 Å². The van der Waals surface area contributed by atoms with Gasteiger partial charge in [-0.1, -0.05) is 42.7 Å². The summed E-state index contributed by atoms with van der Waals surface area (Å²) >= 11 is 0. The van der Waals surface area contributed by atoms with Crippen LogP contribution in [0, 0.1) is 18.3 Å². The minimum absolute atomic E-state index is 0.373. The van der Waals surface area contributed by atoms with Gasteiger partial charge in [0.25, 0.3) is 0 Å². The minimum Gasteiger partial charge on any atom is -0.383 e. The Bertz CT molecular complexity index is 741. The standard InChI is InChI=1S/C19H21N3/c1-13-7-6-8-14(11-13)18-15-9-4-2-3-5-10-17(15)22-19(21)16(18)12-20/h6-8,11H,2-5,9-10H2,1H3,(H2,21,22). The van der Waals surface area contributed by atoms with Crippen molar-refractivity contribution in [2.24, 2.45) is 0 Å². The average molecular weight is 291 g/mol. The molecule has 0 atom stereocenters. The summed E-state index contributed by atoms with van der Waals surface area (Å²) in [5.74, 6) is 0.373. The number of aryl methyl sites for hydroxylation is 2. The third kappa shape index (κ3) is 2.69. The number of fused-ring (bicyclic) bond motifs is 1. The van der Waals surface area contributed by atoms with Gasteiger partial charge in [-0.15, -0.1) is 0 Å². The van der Waals surface area contributed by atoms with Gasteiger partial charge < -0.3 is 5.73 Å². The van der Waals surface area contributed by atoms with Gasteiger partial charge in [-0.3, -0.25) is 0 Å². The second kappa shape index (κ2) is 6.19. The Balaban J connectivity index is 2.27. The van der Waals surface area contributed by atoms with Gasteiger partial charge in [-0.2, -0.15) is 5.26 Å². The second-order valence-corrected chi connectivity index (χ2v) is 6.07. The van der Waals surface area contributed by atoms with Crippen LogP contribution in [0.25, 0.3) is 11.1 Å². The Morgan fingerprint density at radius 2 is 1.91 bits per heavy atom. The molecule has 0 aliphatic heterocycles. The molecule has 112 valence electrons. The fraction of sp³-hybridized carbons (Fsp3) is 0.368. The molecule has 3 rings (SSSR count). The number of nitrogens with two attached hydrogens (primary N) is 1. The first kappa shape index (κ1) is 14.6. The number of aromatic nitrogens is 1. The number of hydrogen-bond donors (Lipinski definition) is 1. The zero-order valence-corrected chi connectivity index (χ0v) is 13.0. The maximum absolute atomic E-state index is 9.59. The zero-order valence-electron chi connectivity index (χ0n) is 13.0. The average Bonchev–Trinajstić information content (AvgIpc) is 2.48. The molecular formula is C19H21N3. The van der Waals surface area contributed by atoms with Crippen molar-refractivity contribution in [3.8, 4) is 17.2 Å². The van der Waals surface area contributed by atoms with Crippen molar-refractivity contribution in [3.05, 3.63) is 46.6 Å². The van der Waals surface area contributed by atoms with Crippen LogP contribution in [-0.4, -0.2) is 4.98 Å². The lowest BCUT2D eigenvalue weighted by atomic mass is 9.87. The highest BCUT2D eigenvalue weighted by molar-refractivity contribution is 5.79. The summed E-state index contributed by atoms with van der Waals surface area (Å²) in [6.45, 7) is 2.07. The molecule has 3 heteroatoms. The fourth-order valence-electron chi connectivity index (χ4n) is 3.35.